The number of hydrogen-bond acceptors (Lipinski definition) is 6. The number of aromatic nitrogens is 1. The van der Waals surface area contributed by atoms with Gasteiger partial charge in [0.15, 0.2) is 11.5 Å². The summed E-state index contributed by atoms with van der Waals surface area (Å²) in [5.74, 6) is 1.23. The van der Waals surface area contributed by atoms with Gasteiger partial charge in [-0.25, -0.2) is 13.4 Å². The Kier molecular flexibility index (Phi) is 4.98. The first kappa shape index (κ1) is 17.3. The second-order valence-corrected chi connectivity index (χ2v) is 7.48. The van der Waals surface area contributed by atoms with Crippen LogP contribution in [0.2, 0.25) is 0 Å². The van der Waals surface area contributed by atoms with Crippen molar-refractivity contribution in [3.63, 3.8) is 0 Å². The number of pyridine rings is 1. The molecule has 1 aromatic carbocycles. The lowest BCUT2D eigenvalue weighted by Crippen LogP contribution is -2.19. The Morgan fingerprint density at radius 1 is 1.20 bits per heavy atom. The van der Waals surface area contributed by atoms with Crippen LogP contribution in [0, 0.1) is 0 Å². The summed E-state index contributed by atoms with van der Waals surface area (Å²) in [6.07, 6.45) is 3.87. The molecule has 2 heterocycles. The van der Waals surface area contributed by atoms with E-state index in [-0.39, 0.29) is 17.5 Å². The first-order valence-corrected chi connectivity index (χ1v) is 9.57. The fourth-order valence-corrected chi connectivity index (χ4v) is 3.46. The molecule has 2 aromatic rings. The lowest BCUT2D eigenvalue weighted by atomic mass is 10.3. The number of ether oxygens (including phenoxy) is 2. The number of nitrogens with one attached hydrogen (secondary N) is 1. The summed E-state index contributed by atoms with van der Waals surface area (Å²) in [6, 6.07) is 8.00. The predicted octanol–water partition coefficient (Wildman–Crippen LogP) is 2.85. The lowest BCUT2D eigenvalue weighted by molar-refractivity contribution is 0.174. The molecule has 0 amide bonds. The van der Waals surface area contributed by atoms with E-state index in [4.69, 9.17) is 9.47 Å². The van der Waals surface area contributed by atoms with Crippen LogP contribution < -0.4 is 19.1 Å². The highest BCUT2D eigenvalue weighted by atomic mass is 32.2. The van der Waals surface area contributed by atoms with Crippen LogP contribution in [0.4, 0.5) is 11.5 Å². The number of nitrogens with zero attached hydrogens (tertiary/aromatic N) is 2. The first-order valence-electron chi connectivity index (χ1n) is 8.09. The molecule has 3 rings (SSSR count). The van der Waals surface area contributed by atoms with Gasteiger partial charge in [0.2, 0.25) is 6.79 Å². The van der Waals surface area contributed by atoms with Crippen molar-refractivity contribution in [3.8, 4) is 11.5 Å². The number of rotatable bonds is 7. The highest BCUT2D eigenvalue weighted by Crippen LogP contribution is 2.34. The Labute approximate surface area is 147 Å². The molecule has 134 valence electrons. The second-order valence-electron chi connectivity index (χ2n) is 5.80. The van der Waals surface area contributed by atoms with Crippen molar-refractivity contribution in [2.75, 3.05) is 30.0 Å². The van der Waals surface area contributed by atoms with Crippen molar-refractivity contribution in [1.82, 2.24) is 4.98 Å². The minimum absolute atomic E-state index is 0.0980. The summed E-state index contributed by atoms with van der Waals surface area (Å²) in [5.41, 5.74) is 0.944. The van der Waals surface area contributed by atoms with Crippen LogP contribution in [0.15, 0.2) is 41.4 Å². The fraction of sp³-hybridized carbons (Fsp3) is 0.353. The number of unbranched alkanes of at least 4 members (excludes halogenated alkanes) is 1. The van der Waals surface area contributed by atoms with Gasteiger partial charge in [-0.05, 0) is 30.7 Å². The van der Waals surface area contributed by atoms with Crippen LogP contribution in [0.25, 0.3) is 0 Å². The molecule has 0 saturated heterocycles. The quantitative estimate of drug-likeness (QED) is 0.815. The molecular weight excluding hydrogens is 342 g/mol. The average molecular weight is 363 g/mol. The zero-order valence-corrected chi connectivity index (χ0v) is 15.0. The third kappa shape index (κ3) is 3.96. The standard InChI is InChI=1S/C17H21N3O4S/c1-3-4-9-20(2)13-5-8-17(18-11-13)19-25(21,22)14-6-7-15-16(10-14)24-12-23-15/h5-8,10-11H,3-4,9,12H2,1-2H3,(H,18,19). The Morgan fingerprint density at radius 2 is 2.00 bits per heavy atom. The number of benzene rings is 1. The Balaban J connectivity index is 1.72. The Bertz CT molecular complexity index is 837. The first-order chi connectivity index (χ1) is 12.0. The van der Waals surface area contributed by atoms with Gasteiger partial charge in [-0.1, -0.05) is 13.3 Å². The molecule has 1 aromatic heterocycles. The maximum atomic E-state index is 12.5. The molecule has 7 nitrogen and oxygen atoms in total. The van der Waals surface area contributed by atoms with Crippen molar-refractivity contribution in [1.29, 1.82) is 0 Å². The number of sulfonamides is 1. The third-order valence-corrected chi connectivity index (χ3v) is 5.28. The molecule has 25 heavy (non-hydrogen) atoms. The molecule has 0 radical (unpaired) electrons. The molecular formula is C17H21N3O4S. The molecule has 1 aliphatic rings. The van der Waals surface area contributed by atoms with Crippen LogP contribution in [0.5, 0.6) is 11.5 Å². The SMILES string of the molecule is CCCCN(C)c1ccc(NS(=O)(=O)c2ccc3c(c2)OCO3)nc1. The fourth-order valence-electron chi connectivity index (χ4n) is 2.44. The van der Waals surface area contributed by atoms with E-state index in [1.807, 2.05) is 13.1 Å². The van der Waals surface area contributed by atoms with Gasteiger partial charge in [-0.15, -0.1) is 0 Å². The van der Waals surface area contributed by atoms with E-state index < -0.39 is 10.0 Å². The second kappa shape index (κ2) is 7.18. The van der Waals surface area contributed by atoms with Gasteiger partial charge in [0.1, 0.15) is 5.82 Å². The van der Waals surface area contributed by atoms with Gasteiger partial charge in [0, 0.05) is 19.7 Å². The zero-order chi connectivity index (χ0) is 17.9. The molecule has 0 bridgehead atoms. The van der Waals surface area contributed by atoms with Crippen LogP contribution >= 0.6 is 0 Å². The largest absolute Gasteiger partial charge is 0.454 e. The van der Waals surface area contributed by atoms with Crippen LogP contribution in [0.1, 0.15) is 19.8 Å². The van der Waals surface area contributed by atoms with Gasteiger partial charge in [-0.3, -0.25) is 4.72 Å². The highest BCUT2D eigenvalue weighted by molar-refractivity contribution is 7.92. The number of fused-ring (bicyclic) bond motifs is 1. The molecule has 0 fully saturated rings. The summed E-state index contributed by atoms with van der Waals surface area (Å²) in [7, 11) is -1.75. The van der Waals surface area contributed by atoms with Crippen molar-refractivity contribution in [3.05, 3.63) is 36.5 Å². The zero-order valence-electron chi connectivity index (χ0n) is 14.2. The molecule has 1 N–H and O–H groups in total. The molecule has 0 atom stereocenters. The van der Waals surface area contributed by atoms with Crippen molar-refractivity contribution >= 4 is 21.5 Å². The van der Waals surface area contributed by atoms with E-state index in [9.17, 15) is 8.42 Å². The summed E-state index contributed by atoms with van der Waals surface area (Å²) in [6.45, 7) is 3.17. The van der Waals surface area contributed by atoms with E-state index in [0.717, 1.165) is 25.1 Å². The minimum Gasteiger partial charge on any atom is -0.454 e. The van der Waals surface area contributed by atoms with E-state index in [1.165, 1.54) is 12.1 Å². The lowest BCUT2D eigenvalue weighted by Gasteiger charge is -2.18. The summed E-state index contributed by atoms with van der Waals surface area (Å²) < 4.78 is 37.9. The van der Waals surface area contributed by atoms with E-state index >= 15 is 0 Å². The molecule has 8 heteroatoms. The van der Waals surface area contributed by atoms with Crippen LogP contribution in [-0.4, -0.2) is 33.8 Å². The Morgan fingerprint density at radius 3 is 2.72 bits per heavy atom. The van der Waals surface area contributed by atoms with Crippen LogP contribution in [-0.2, 0) is 10.0 Å². The highest BCUT2D eigenvalue weighted by Gasteiger charge is 2.20. The number of anilines is 2. The monoisotopic (exact) mass is 363 g/mol. The molecule has 0 saturated carbocycles. The van der Waals surface area contributed by atoms with Crippen molar-refractivity contribution in [2.24, 2.45) is 0 Å². The van der Waals surface area contributed by atoms with Crippen LogP contribution in [0.3, 0.4) is 0 Å². The topological polar surface area (TPSA) is 80.8 Å². The smallest absolute Gasteiger partial charge is 0.263 e. The molecule has 1 aliphatic heterocycles. The minimum atomic E-state index is -3.74. The maximum Gasteiger partial charge on any atom is 0.263 e. The van der Waals surface area contributed by atoms with E-state index in [2.05, 4.69) is 21.5 Å². The molecule has 0 aliphatic carbocycles. The van der Waals surface area contributed by atoms with E-state index in [0.29, 0.717) is 11.5 Å². The summed E-state index contributed by atoms with van der Waals surface area (Å²) >= 11 is 0. The summed E-state index contributed by atoms with van der Waals surface area (Å²) in [5, 5.41) is 0. The predicted molar refractivity (Wildman–Crippen MR) is 95.8 cm³/mol. The molecule has 0 unspecified atom stereocenters. The van der Waals surface area contributed by atoms with Gasteiger partial charge >= 0.3 is 0 Å². The third-order valence-electron chi connectivity index (χ3n) is 3.93. The van der Waals surface area contributed by atoms with Gasteiger partial charge in [0.25, 0.3) is 10.0 Å². The Hall–Kier alpha value is -2.48. The van der Waals surface area contributed by atoms with Gasteiger partial charge < -0.3 is 14.4 Å². The van der Waals surface area contributed by atoms with E-state index in [1.54, 1.807) is 18.3 Å². The van der Waals surface area contributed by atoms with Gasteiger partial charge in [0.05, 0.1) is 16.8 Å². The normalized spacial score (nSPS) is 12.9. The maximum absolute atomic E-state index is 12.5. The van der Waals surface area contributed by atoms with Crippen molar-refractivity contribution < 1.29 is 17.9 Å². The van der Waals surface area contributed by atoms with Crippen molar-refractivity contribution in [2.45, 2.75) is 24.7 Å². The summed E-state index contributed by atoms with van der Waals surface area (Å²) in [4.78, 5) is 6.39. The number of hydrogen-bond donors (Lipinski definition) is 1. The molecule has 0 spiro atoms. The average Bonchev–Trinajstić information content (AvgIpc) is 3.07. The van der Waals surface area contributed by atoms with Gasteiger partial charge in [-0.2, -0.15) is 0 Å².